The van der Waals surface area contributed by atoms with Gasteiger partial charge in [0, 0.05) is 6.20 Å². The van der Waals surface area contributed by atoms with Crippen molar-refractivity contribution < 1.29 is 8.78 Å². The molecule has 0 atom stereocenters. The minimum atomic E-state index is -0.822. The molecule has 2 rings (SSSR count). The molecule has 0 aliphatic heterocycles. The van der Waals surface area contributed by atoms with Crippen molar-refractivity contribution in [3.63, 3.8) is 0 Å². The van der Waals surface area contributed by atoms with Crippen LogP contribution in [0.5, 0.6) is 0 Å². The second kappa shape index (κ2) is 4.65. The van der Waals surface area contributed by atoms with E-state index in [1.807, 2.05) is 6.20 Å². The molecule has 17 heavy (non-hydrogen) atoms. The molecule has 0 saturated carbocycles. The Bertz CT molecular complexity index is 518. The Morgan fingerprint density at radius 2 is 2.00 bits per heavy atom. The van der Waals surface area contributed by atoms with E-state index in [2.05, 4.69) is 18.9 Å². The topological polar surface area (TPSA) is 17.8 Å². The van der Waals surface area contributed by atoms with Crippen LogP contribution in [0.3, 0.4) is 0 Å². The third-order valence-electron chi connectivity index (χ3n) is 2.65. The second-order valence-corrected chi connectivity index (χ2v) is 4.37. The van der Waals surface area contributed by atoms with Gasteiger partial charge >= 0.3 is 0 Å². The molecule has 0 aliphatic rings. The van der Waals surface area contributed by atoms with E-state index >= 15 is 0 Å². The number of benzene rings is 1. The Balaban J connectivity index is 2.16. The molecule has 2 nitrogen and oxygen atoms in total. The highest BCUT2D eigenvalue weighted by molar-refractivity contribution is 5.18. The summed E-state index contributed by atoms with van der Waals surface area (Å²) in [6.07, 6.45) is 3.72. The van der Waals surface area contributed by atoms with Crippen LogP contribution in [0.2, 0.25) is 0 Å². The number of rotatable bonds is 3. The van der Waals surface area contributed by atoms with Crippen LogP contribution in [-0.2, 0) is 6.54 Å². The fourth-order valence-electron chi connectivity index (χ4n) is 1.59. The summed E-state index contributed by atoms with van der Waals surface area (Å²) < 4.78 is 27.5. The smallest absolute Gasteiger partial charge is 0.159 e. The quantitative estimate of drug-likeness (QED) is 0.799. The van der Waals surface area contributed by atoms with E-state index in [0.717, 1.165) is 11.6 Å². The molecule has 0 fully saturated rings. The fraction of sp³-hybridized carbons (Fsp3) is 0.308. The maximum Gasteiger partial charge on any atom is 0.159 e. The Kier molecular flexibility index (Phi) is 3.22. The minimum absolute atomic E-state index is 0.411. The zero-order valence-corrected chi connectivity index (χ0v) is 9.82. The van der Waals surface area contributed by atoms with Crippen LogP contribution in [0.25, 0.3) is 0 Å². The molecule has 1 heterocycles. The third-order valence-corrected chi connectivity index (χ3v) is 2.65. The highest BCUT2D eigenvalue weighted by atomic mass is 19.2. The van der Waals surface area contributed by atoms with Gasteiger partial charge in [-0.2, -0.15) is 5.10 Å². The fourth-order valence-corrected chi connectivity index (χ4v) is 1.59. The first-order chi connectivity index (χ1) is 8.06. The lowest BCUT2D eigenvalue weighted by Gasteiger charge is -2.03. The Morgan fingerprint density at radius 3 is 2.59 bits per heavy atom. The van der Waals surface area contributed by atoms with Gasteiger partial charge in [-0.3, -0.25) is 4.68 Å². The lowest BCUT2D eigenvalue weighted by atomic mass is 10.1. The van der Waals surface area contributed by atoms with Gasteiger partial charge in [0.1, 0.15) is 0 Å². The molecule has 1 aromatic carbocycles. The van der Waals surface area contributed by atoms with Crippen molar-refractivity contribution >= 4 is 0 Å². The summed E-state index contributed by atoms with van der Waals surface area (Å²) in [5.74, 6) is -1.23. The van der Waals surface area contributed by atoms with Crippen LogP contribution in [0.1, 0.15) is 30.9 Å². The van der Waals surface area contributed by atoms with Crippen LogP contribution in [0.4, 0.5) is 8.78 Å². The first-order valence-electron chi connectivity index (χ1n) is 5.52. The van der Waals surface area contributed by atoms with E-state index in [1.165, 1.54) is 6.07 Å². The molecule has 90 valence electrons. The minimum Gasteiger partial charge on any atom is -0.268 e. The standard InChI is InChI=1S/C13H14F2N2/c1-9(2)11-6-16-17(8-11)7-10-3-4-12(14)13(15)5-10/h3-6,8-9H,7H2,1-2H3. The van der Waals surface area contributed by atoms with E-state index in [-0.39, 0.29) is 0 Å². The molecule has 0 unspecified atom stereocenters. The molecule has 0 amide bonds. The summed E-state index contributed by atoms with van der Waals surface area (Å²) in [7, 11) is 0. The van der Waals surface area contributed by atoms with Crippen LogP contribution in [0.15, 0.2) is 30.6 Å². The summed E-state index contributed by atoms with van der Waals surface area (Å²) in [4.78, 5) is 0. The number of hydrogen-bond donors (Lipinski definition) is 0. The largest absolute Gasteiger partial charge is 0.268 e. The van der Waals surface area contributed by atoms with Gasteiger partial charge in [-0.25, -0.2) is 8.78 Å². The van der Waals surface area contributed by atoms with Gasteiger partial charge < -0.3 is 0 Å². The Labute approximate surface area is 98.9 Å². The molecule has 0 spiro atoms. The second-order valence-electron chi connectivity index (χ2n) is 4.37. The highest BCUT2D eigenvalue weighted by Gasteiger charge is 2.05. The van der Waals surface area contributed by atoms with Crippen molar-refractivity contribution in [2.24, 2.45) is 0 Å². The molecule has 1 aromatic heterocycles. The Hall–Kier alpha value is -1.71. The molecular formula is C13H14F2N2. The van der Waals surface area contributed by atoms with Gasteiger partial charge in [-0.15, -0.1) is 0 Å². The predicted octanol–water partition coefficient (Wildman–Crippen LogP) is 3.33. The summed E-state index contributed by atoms with van der Waals surface area (Å²) in [5, 5.41) is 4.19. The normalized spacial score (nSPS) is 11.1. The van der Waals surface area contributed by atoms with E-state index in [0.29, 0.717) is 18.0 Å². The summed E-state index contributed by atoms with van der Waals surface area (Å²) in [6.45, 7) is 4.61. The van der Waals surface area contributed by atoms with Crippen LogP contribution < -0.4 is 0 Å². The predicted molar refractivity (Wildman–Crippen MR) is 61.8 cm³/mol. The van der Waals surface area contributed by atoms with E-state index < -0.39 is 11.6 Å². The molecule has 0 saturated heterocycles. The first-order valence-corrected chi connectivity index (χ1v) is 5.52. The van der Waals surface area contributed by atoms with Gasteiger partial charge in [-0.05, 0) is 29.2 Å². The zero-order chi connectivity index (χ0) is 12.4. The molecule has 4 heteroatoms. The SMILES string of the molecule is CC(C)c1cnn(Cc2ccc(F)c(F)c2)c1. The number of halogens is 2. The van der Waals surface area contributed by atoms with Gasteiger partial charge in [-0.1, -0.05) is 19.9 Å². The summed E-state index contributed by atoms with van der Waals surface area (Å²) in [6, 6.07) is 3.90. The molecule has 0 N–H and O–H groups in total. The van der Waals surface area contributed by atoms with Crippen molar-refractivity contribution in [1.82, 2.24) is 9.78 Å². The van der Waals surface area contributed by atoms with Gasteiger partial charge in [0.25, 0.3) is 0 Å². The third kappa shape index (κ3) is 2.70. The van der Waals surface area contributed by atoms with Gasteiger partial charge in [0.2, 0.25) is 0 Å². The molecular weight excluding hydrogens is 222 g/mol. The summed E-state index contributed by atoms with van der Waals surface area (Å²) in [5.41, 5.74) is 1.83. The maximum absolute atomic E-state index is 13.0. The lowest BCUT2D eigenvalue weighted by Crippen LogP contribution is -2.01. The lowest BCUT2D eigenvalue weighted by molar-refractivity contribution is 0.506. The molecule has 2 aromatic rings. The molecule has 0 bridgehead atoms. The van der Waals surface area contributed by atoms with Gasteiger partial charge in [0.05, 0.1) is 12.7 Å². The van der Waals surface area contributed by atoms with Crippen molar-refractivity contribution in [1.29, 1.82) is 0 Å². The van der Waals surface area contributed by atoms with Gasteiger partial charge in [0.15, 0.2) is 11.6 Å². The monoisotopic (exact) mass is 236 g/mol. The summed E-state index contributed by atoms with van der Waals surface area (Å²) >= 11 is 0. The van der Waals surface area contributed by atoms with E-state index in [9.17, 15) is 8.78 Å². The van der Waals surface area contributed by atoms with Crippen molar-refractivity contribution in [2.75, 3.05) is 0 Å². The first kappa shape index (κ1) is 11.8. The average molecular weight is 236 g/mol. The number of aromatic nitrogens is 2. The highest BCUT2D eigenvalue weighted by Crippen LogP contribution is 2.14. The van der Waals surface area contributed by atoms with E-state index in [1.54, 1.807) is 16.9 Å². The Morgan fingerprint density at radius 1 is 1.24 bits per heavy atom. The van der Waals surface area contributed by atoms with Crippen molar-refractivity contribution in [3.05, 3.63) is 53.4 Å². The van der Waals surface area contributed by atoms with Crippen molar-refractivity contribution in [2.45, 2.75) is 26.3 Å². The van der Waals surface area contributed by atoms with Crippen LogP contribution in [0, 0.1) is 11.6 Å². The van der Waals surface area contributed by atoms with Crippen molar-refractivity contribution in [3.8, 4) is 0 Å². The molecule has 0 aliphatic carbocycles. The van der Waals surface area contributed by atoms with Crippen LogP contribution in [-0.4, -0.2) is 9.78 Å². The van der Waals surface area contributed by atoms with E-state index in [4.69, 9.17) is 0 Å². The maximum atomic E-state index is 13.0. The zero-order valence-electron chi connectivity index (χ0n) is 9.82. The number of nitrogens with zero attached hydrogens (tertiary/aromatic N) is 2. The molecule has 0 radical (unpaired) electrons. The average Bonchev–Trinajstić information content (AvgIpc) is 2.72. The number of hydrogen-bond acceptors (Lipinski definition) is 1. The van der Waals surface area contributed by atoms with Crippen LogP contribution >= 0.6 is 0 Å².